The maximum absolute atomic E-state index is 12.4. The maximum Gasteiger partial charge on any atom is 0.213 e. The molecule has 0 unspecified atom stereocenters. The van der Waals surface area contributed by atoms with E-state index < -0.39 is 0 Å². The number of ketones is 1. The molecule has 0 saturated heterocycles. The monoisotopic (exact) mass is 332 g/mol. The predicted molar refractivity (Wildman–Crippen MR) is 99.8 cm³/mol. The third kappa shape index (κ3) is 3.11. The number of benzene rings is 1. The summed E-state index contributed by atoms with van der Waals surface area (Å²) in [6, 6.07) is 7.74. The van der Waals surface area contributed by atoms with Crippen molar-refractivity contribution in [3.8, 4) is 5.75 Å². The van der Waals surface area contributed by atoms with E-state index in [2.05, 4.69) is 11.7 Å². The van der Waals surface area contributed by atoms with Crippen molar-refractivity contribution in [1.29, 1.82) is 0 Å². The van der Waals surface area contributed by atoms with Gasteiger partial charge in [-0.25, -0.2) is 4.68 Å². The first-order valence-corrected chi connectivity index (χ1v) is 8.03. The Morgan fingerprint density at radius 1 is 1.28 bits per heavy atom. The van der Waals surface area contributed by atoms with E-state index in [0.29, 0.717) is 11.3 Å². The Kier molecular flexibility index (Phi) is 4.52. The van der Waals surface area contributed by atoms with E-state index in [0.717, 1.165) is 28.3 Å². The summed E-state index contributed by atoms with van der Waals surface area (Å²) in [5, 5.41) is 4.53. The second-order valence-corrected chi connectivity index (χ2v) is 5.87. The zero-order valence-electron chi connectivity index (χ0n) is 14.6. The Morgan fingerprint density at radius 3 is 2.60 bits per heavy atom. The Morgan fingerprint density at radius 2 is 2.04 bits per heavy atom. The molecule has 0 spiro atoms. The van der Waals surface area contributed by atoms with Crippen LogP contribution in [0, 0.1) is 13.8 Å². The molecule has 0 saturated carbocycles. The van der Waals surface area contributed by atoms with Crippen molar-refractivity contribution in [2.45, 2.75) is 13.8 Å². The Bertz CT molecular complexity index is 943. The number of nitrogens with zero attached hydrogens (tertiary/aromatic N) is 2. The van der Waals surface area contributed by atoms with Gasteiger partial charge in [0.05, 0.1) is 12.8 Å². The van der Waals surface area contributed by atoms with Gasteiger partial charge in [-0.2, -0.15) is 5.10 Å². The minimum atomic E-state index is -0.0618. The number of allylic oxidation sites excluding steroid dienone is 6. The van der Waals surface area contributed by atoms with Gasteiger partial charge >= 0.3 is 0 Å². The molecule has 4 heteroatoms. The summed E-state index contributed by atoms with van der Waals surface area (Å²) >= 11 is 0. The van der Waals surface area contributed by atoms with Crippen LogP contribution in [0.1, 0.15) is 27.3 Å². The fraction of sp³-hybridized carbons (Fsp3) is 0.143. The number of aryl methyl sites for hydroxylation is 2. The van der Waals surface area contributed by atoms with Crippen LogP contribution in [0.3, 0.4) is 0 Å². The lowest BCUT2D eigenvalue weighted by Gasteiger charge is -2.12. The van der Waals surface area contributed by atoms with E-state index in [1.54, 1.807) is 30.0 Å². The van der Waals surface area contributed by atoms with Gasteiger partial charge in [-0.3, -0.25) is 4.79 Å². The molecule has 1 aliphatic rings. The average Bonchev–Trinajstić information content (AvgIpc) is 2.92. The highest BCUT2D eigenvalue weighted by molar-refractivity contribution is 6.10. The Hall–Kier alpha value is -3.14. The van der Waals surface area contributed by atoms with Crippen molar-refractivity contribution in [2.75, 3.05) is 7.11 Å². The number of methoxy groups -OCH3 is 1. The molecule has 0 amide bonds. The zero-order valence-corrected chi connectivity index (χ0v) is 14.6. The second kappa shape index (κ2) is 6.77. The molecular formula is C21H20N2O2. The number of hydrogen-bond acceptors (Lipinski definition) is 3. The number of carbonyl (C=O) groups is 1. The summed E-state index contributed by atoms with van der Waals surface area (Å²) in [6.45, 7) is 7.73. The SMILES string of the molecule is C=C/C=C(/c1ccc(OC)c(C)c1)n1nc(C(=O)C2=CC=C2)cc1C. The van der Waals surface area contributed by atoms with E-state index >= 15 is 0 Å². The van der Waals surface area contributed by atoms with Crippen LogP contribution in [0.25, 0.3) is 5.70 Å². The van der Waals surface area contributed by atoms with Crippen molar-refractivity contribution in [2.24, 2.45) is 0 Å². The molecule has 126 valence electrons. The van der Waals surface area contributed by atoms with Crippen LogP contribution in [0.15, 0.2) is 66.8 Å². The van der Waals surface area contributed by atoms with Crippen LogP contribution in [0.2, 0.25) is 0 Å². The van der Waals surface area contributed by atoms with Crippen molar-refractivity contribution in [1.82, 2.24) is 9.78 Å². The first kappa shape index (κ1) is 16.7. The van der Waals surface area contributed by atoms with E-state index in [9.17, 15) is 4.79 Å². The van der Waals surface area contributed by atoms with Crippen LogP contribution in [-0.4, -0.2) is 22.7 Å². The normalized spacial score (nSPS) is 13.2. The molecule has 0 atom stereocenters. The van der Waals surface area contributed by atoms with E-state index in [4.69, 9.17) is 4.74 Å². The second-order valence-electron chi connectivity index (χ2n) is 5.87. The van der Waals surface area contributed by atoms with Gasteiger partial charge in [0.1, 0.15) is 11.4 Å². The molecule has 0 bridgehead atoms. The standard InChI is InChI=1S/C21H20N2O2/c1-5-7-19(17-10-11-20(25-4)14(2)12-17)23-15(3)13-18(22-23)21(24)16-8-6-9-16/h5-13H,1H2,2-4H3/b19-7-. The molecule has 0 aliphatic heterocycles. The predicted octanol–water partition coefficient (Wildman–Crippen LogP) is 4.26. The zero-order chi connectivity index (χ0) is 18.0. The van der Waals surface area contributed by atoms with Crippen molar-refractivity contribution in [3.63, 3.8) is 0 Å². The fourth-order valence-electron chi connectivity index (χ4n) is 2.76. The molecule has 0 radical (unpaired) electrons. The molecule has 1 aromatic carbocycles. The topological polar surface area (TPSA) is 44.1 Å². The third-order valence-corrected chi connectivity index (χ3v) is 4.13. The number of rotatable bonds is 6. The summed E-state index contributed by atoms with van der Waals surface area (Å²) in [5.41, 5.74) is 4.86. The number of hydrogen-bond donors (Lipinski definition) is 0. The first-order valence-electron chi connectivity index (χ1n) is 8.03. The van der Waals surface area contributed by atoms with Gasteiger partial charge in [-0.1, -0.05) is 30.9 Å². The lowest BCUT2D eigenvalue weighted by Crippen LogP contribution is -2.08. The number of Topliss-reactive ketones (excluding diaryl/α,β-unsaturated/α-hetero) is 1. The molecule has 0 N–H and O–H groups in total. The highest BCUT2D eigenvalue weighted by Crippen LogP contribution is 2.26. The quantitative estimate of drug-likeness (QED) is 0.586. The molecule has 1 heterocycles. The van der Waals surface area contributed by atoms with Crippen molar-refractivity contribution >= 4 is 11.5 Å². The van der Waals surface area contributed by atoms with Gasteiger partial charge < -0.3 is 4.74 Å². The number of carbonyl (C=O) groups excluding carboxylic acids is 1. The Balaban J connectivity index is 2.03. The summed E-state index contributed by atoms with van der Waals surface area (Å²) in [7, 11) is 1.65. The summed E-state index contributed by atoms with van der Waals surface area (Å²) in [6.07, 6.45) is 9.04. The number of aromatic nitrogens is 2. The minimum absolute atomic E-state index is 0.0618. The molecule has 1 aliphatic carbocycles. The van der Waals surface area contributed by atoms with E-state index in [1.165, 1.54) is 0 Å². The fourth-order valence-corrected chi connectivity index (χ4v) is 2.76. The smallest absolute Gasteiger partial charge is 0.213 e. The van der Waals surface area contributed by atoms with E-state index in [-0.39, 0.29) is 5.78 Å². The lowest BCUT2D eigenvalue weighted by molar-refractivity contribution is 0.103. The first-order chi connectivity index (χ1) is 12.0. The molecule has 4 nitrogen and oxygen atoms in total. The van der Waals surface area contributed by atoms with Crippen LogP contribution < -0.4 is 4.74 Å². The van der Waals surface area contributed by atoms with Crippen molar-refractivity contribution < 1.29 is 9.53 Å². The average molecular weight is 332 g/mol. The third-order valence-electron chi connectivity index (χ3n) is 4.13. The van der Waals surface area contributed by atoms with Gasteiger partial charge in [0.2, 0.25) is 5.78 Å². The van der Waals surface area contributed by atoms with Crippen LogP contribution in [-0.2, 0) is 0 Å². The Labute approximate surface area is 147 Å². The molecule has 25 heavy (non-hydrogen) atoms. The highest BCUT2D eigenvalue weighted by Gasteiger charge is 2.19. The minimum Gasteiger partial charge on any atom is -0.496 e. The van der Waals surface area contributed by atoms with Crippen molar-refractivity contribution in [3.05, 3.63) is 89.3 Å². The summed E-state index contributed by atoms with van der Waals surface area (Å²) < 4.78 is 7.11. The van der Waals surface area contributed by atoms with Crippen LogP contribution >= 0.6 is 0 Å². The van der Waals surface area contributed by atoms with Crippen LogP contribution in [0.4, 0.5) is 0 Å². The lowest BCUT2D eigenvalue weighted by atomic mass is 10.0. The molecule has 2 aromatic rings. The largest absolute Gasteiger partial charge is 0.496 e. The molecule has 3 rings (SSSR count). The molecule has 0 fully saturated rings. The molecule has 1 aromatic heterocycles. The van der Waals surface area contributed by atoms with Crippen LogP contribution in [0.5, 0.6) is 5.75 Å². The van der Waals surface area contributed by atoms with Gasteiger partial charge in [-0.05, 0) is 49.8 Å². The summed E-state index contributed by atoms with van der Waals surface area (Å²) in [4.78, 5) is 12.4. The van der Waals surface area contributed by atoms with Gasteiger partial charge in [-0.15, -0.1) is 0 Å². The maximum atomic E-state index is 12.4. The van der Waals surface area contributed by atoms with Gasteiger partial charge in [0.25, 0.3) is 0 Å². The highest BCUT2D eigenvalue weighted by atomic mass is 16.5. The van der Waals surface area contributed by atoms with E-state index in [1.807, 2.05) is 50.3 Å². The van der Waals surface area contributed by atoms with Gasteiger partial charge in [0.15, 0.2) is 0 Å². The van der Waals surface area contributed by atoms with Gasteiger partial charge in [0, 0.05) is 16.8 Å². The number of ether oxygens (including phenoxy) is 1. The summed E-state index contributed by atoms with van der Waals surface area (Å²) in [5.74, 6) is 0.770. The molecular weight excluding hydrogens is 312 g/mol.